The van der Waals surface area contributed by atoms with Gasteiger partial charge in [-0.1, -0.05) is 7.92 Å². The quantitative estimate of drug-likeness (QED) is 0.149. The number of nitrogens with zero attached hydrogens (tertiary/aromatic N) is 9. The molecule has 5 aromatic rings. The van der Waals surface area contributed by atoms with Gasteiger partial charge in [0.05, 0.1) is 21.7 Å². The van der Waals surface area contributed by atoms with Gasteiger partial charge in [0.25, 0.3) is 0 Å². The van der Waals surface area contributed by atoms with Gasteiger partial charge in [-0.3, -0.25) is 14.6 Å². The molecule has 6 heterocycles. The van der Waals surface area contributed by atoms with Crippen molar-refractivity contribution in [2.24, 2.45) is 12.5 Å². The van der Waals surface area contributed by atoms with Crippen LogP contribution >= 0.6 is 23.9 Å². The number of aryl methyl sites for hydroxylation is 1. The molecular formula is C35H40BrF3N11OP. The third kappa shape index (κ3) is 7.93. The summed E-state index contributed by atoms with van der Waals surface area (Å²) >= 11 is 3.56. The van der Waals surface area contributed by atoms with Gasteiger partial charge in [0.15, 0.2) is 6.61 Å². The van der Waals surface area contributed by atoms with E-state index in [2.05, 4.69) is 76.8 Å². The lowest BCUT2D eigenvalue weighted by Gasteiger charge is -2.46. The van der Waals surface area contributed by atoms with Crippen LogP contribution in [0, 0.1) is 5.41 Å². The summed E-state index contributed by atoms with van der Waals surface area (Å²) in [5.74, 6) is 0.942. The topological polar surface area (TPSA) is 122 Å². The Bertz CT molecular complexity index is 2060. The summed E-state index contributed by atoms with van der Waals surface area (Å²) in [6.45, 7) is 6.39. The maximum absolute atomic E-state index is 13.6. The summed E-state index contributed by atoms with van der Waals surface area (Å²) in [4.78, 5) is 27.5. The Kier molecular flexibility index (Phi) is 10.2. The van der Waals surface area contributed by atoms with Gasteiger partial charge in [0.2, 0.25) is 11.8 Å². The van der Waals surface area contributed by atoms with Crippen LogP contribution in [0.2, 0.25) is 0 Å². The molecule has 0 radical (unpaired) electrons. The molecule has 2 aliphatic heterocycles. The number of pyridine rings is 1. The zero-order chi connectivity index (χ0) is 36.6. The highest BCUT2D eigenvalue weighted by atomic mass is 79.9. The minimum absolute atomic E-state index is 0.133. The van der Waals surface area contributed by atoms with E-state index < -0.39 is 20.7 Å². The number of alkyl halides is 3. The maximum Gasteiger partial charge on any atom is 0.422 e. The summed E-state index contributed by atoms with van der Waals surface area (Å²) in [5.41, 5.74) is 4.37. The average Bonchev–Trinajstić information content (AvgIpc) is 3.56. The largest absolute Gasteiger partial charge is 0.466 e. The number of hydrogen-bond acceptors (Lipinski definition) is 11. The molecule has 2 aliphatic rings. The second-order valence-electron chi connectivity index (χ2n) is 13.7. The fraction of sp³-hybridized carbons (Fsp3) is 0.429. The third-order valence-electron chi connectivity index (χ3n) is 9.83. The molecule has 17 heteroatoms. The molecular weight excluding hydrogens is 758 g/mol. The van der Waals surface area contributed by atoms with Crippen molar-refractivity contribution in [2.45, 2.75) is 31.9 Å². The van der Waals surface area contributed by atoms with Crippen LogP contribution in [-0.2, 0) is 7.05 Å². The highest BCUT2D eigenvalue weighted by molar-refractivity contribution is 9.10. The molecule has 0 atom stereocenters. The standard InChI is InChI=1S/C35H40BrF3N11OP/c1-48-13-7-34(8-14-48)9-15-50(16-10-34)31-23(22-18-43-49(2)20-22)17-27(32(47-31)51-21-35(37,38)39)45-33-42-19-24(36)30(46-33)44-26-6-5-25-28(29(26)52(3)4)41-12-11-40-25/h5-6,11-12,17-20H,7-10,13-16,21H2,1-4H3,(H2,42,44,45,46). The minimum atomic E-state index is -4.57. The number of halogens is 4. The number of likely N-dealkylation sites (tertiary alicyclic amines) is 1. The second-order valence-corrected chi connectivity index (χ2v) is 16.8. The molecule has 2 N–H and O–H groups in total. The molecule has 12 nitrogen and oxygen atoms in total. The molecule has 1 spiro atoms. The van der Waals surface area contributed by atoms with Crippen LogP contribution < -0.4 is 25.6 Å². The average molecular weight is 799 g/mol. The molecule has 2 fully saturated rings. The first kappa shape index (κ1) is 36.2. The van der Waals surface area contributed by atoms with Gasteiger partial charge in [-0.15, -0.1) is 0 Å². The molecule has 274 valence electrons. The Morgan fingerprint density at radius 2 is 1.65 bits per heavy atom. The summed E-state index contributed by atoms with van der Waals surface area (Å²) < 4.78 is 48.4. The number of rotatable bonds is 9. The maximum atomic E-state index is 13.6. The molecule has 0 aliphatic carbocycles. The van der Waals surface area contributed by atoms with E-state index in [0.29, 0.717) is 21.7 Å². The lowest BCUT2D eigenvalue weighted by atomic mass is 9.71. The van der Waals surface area contributed by atoms with Gasteiger partial charge in [-0.25, -0.2) is 4.98 Å². The molecule has 0 bridgehead atoms. The normalized spacial score (nSPS) is 16.5. The van der Waals surface area contributed by atoms with Gasteiger partial charge in [0, 0.05) is 67.0 Å². The van der Waals surface area contributed by atoms with E-state index in [0.717, 1.165) is 79.5 Å². The zero-order valence-electron chi connectivity index (χ0n) is 29.4. The van der Waals surface area contributed by atoms with Gasteiger partial charge in [0.1, 0.15) is 17.3 Å². The van der Waals surface area contributed by atoms with Crippen LogP contribution in [0.4, 0.5) is 42.1 Å². The van der Waals surface area contributed by atoms with Crippen LogP contribution in [0.3, 0.4) is 0 Å². The van der Waals surface area contributed by atoms with Crippen molar-refractivity contribution in [2.75, 3.05) is 68.7 Å². The fourth-order valence-electron chi connectivity index (χ4n) is 6.98. The Labute approximate surface area is 309 Å². The van der Waals surface area contributed by atoms with Crippen LogP contribution in [-0.4, -0.2) is 98.9 Å². The Morgan fingerprint density at radius 1 is 0.923 bits per heavy atom. The van der Waals surface area contributed by atoms with Crippen molar-refractivity contribution < 1.29 is 17.9 Å². The van der Waals surface area contributed by atoms with Crippen LogP contribution in [0.25, 0.3) is 22.2 Å². The van der Waals surface area contributed by atoms with E-state index in [1.165, 1.54) is 0 Å². The molecule has 4 aromatic heterocycles. The minimum Gasteiger partial charge on any atom is -0.466 e. The number of ether oxygens (including phenoxy) is 1. The van der Waals surface area contributed by atoms with Crippen molar-refractivity contribution >= 4 is 69.1 Å². The van der Waals surface area contributed by atoms with Gasteiger partial charge in [-0.05, 0) is 98.7 Å². The number of aromatic nitrogens is 7. The predicted molar refractivity (Wildman–Crippen MR) is 203 cm³/mol. The van der Waals surface area contributed by atoms with E-state index in [1.807, 2.05) is 25.4 Å². The van der Waals surface area contributed by atoms with Gasteiger partial charge >= 0.3 is 6.18 Å². The first-order valence-electron chi connectivity index (χ1n) is 17.0. The smallest absolute Gasteiger partial charge is 0.422 e. The van der Waals surface area contributed by atoms with Gasteiger partial charge in [-0.2, -0.15) is 28.2 Å². The van der Waals surface area contributed by atoms with E-state index in [1.54, 1.807) is 35.5 Å². The number of benzene rings is 1. The molecule has 7 rings (SSSR count). The summed E-state index contributed by atoms with van der Waals surface area (Å²) in [6.07, 6.45) is 8.18. The molecule has 2 saturated heterocycles. The fourth-order valence-corrected chi connectivity index (χ4v) is 8.47. The van der Waals surface area contributed by atoms with Crippen LogP contribution in [0.1, 0.15) is 25.7 Å². The Hall–Kier alpha value is -4.14. The highest BCUT2D eigenvalue weighted by Crippen LogP contribution is 2.45. The van der Waals surface area contributed by atoms with Crippen molar-refractivity contribution in [1.82, 2.24) is 39.6 Å². The van der Waals surface area contributed by atoms with E-state index >= 15 is 0 Å². The first-order chi connectivity index (χ1) is 24.9. The SMILES string of the molecule is CN1CCC2(CC1)CCN(c1nc(OCC(F)(F)F)c(Nc3ncc(Br)c(Nc4ccc5nccnc5c4P(C)C)n3)cc1-c1cnn(C)c1)CC2. The number of fused-ring (bicyclic) bond motifs is 1. The van der Waals surface area contributed by atoms with Gasteiger partial charge < -0.3 is 25.2 Å². The molecule has 0 amide bonds. The van der Waals surface area contributed by atoms with Crippen molar-refractivity contribution in [3.05, 3.63) is 53.7 Å². The van der Waals surface area contributed by atoms with E-state index in [4.69, 9.17) is 14.7 Å². The number of piperidine rings is 2. The third-order valence-corrected chi connectivity index (χ3v) is 11.8. The monoisotopic (exact) mass is 797 g/mol. The van der Waals surface area contributed by atoms with Crippen LogP contribution in [0.15, 0.2) is 53.7 Å². The first-order valence-corrected chi connectivity index (χ1v) is 20.0. The van der Waals surface area contributed by atoms with E-state index in [9.17, 15) is 13.2 Å². The van der Waals surface area contributed by atoms with Crippen LogP contribution in [0.5, 0.6) is 5.88 Å². The Balaban J connectivity index is 1.24. The summed E-state index contributed by atoms with van der Waals surface area (Å²) in [5, 5.41) is 11.9. The number of nitrogens with one attached hydrogen (secondary N) is 2. The number of hydrogen-bond donors (Lipinski definition) is 2. The van der Waals surface area contributed by atoms with E-state index in [-0.39, 0.29) is 22.9 Å². The molecule has 0 saturated carbocycles. The Morgan fingerprint density at radius 3 is 2.35 bits per heavy atom. The highest BCUT2D eigenvalue weighted by Gasteiger charge is 2.38. The van der Waals surface area contributed by atoms with Crippen molar-refractivity contribution in [1.29, 1.82) is 0 Å². The lowest BCUT2D eigenvalue weighted by Crippen LogP contribution is -2.46. The predicted octanol–water partition coefficient (Wildman–Crippen LogP) is 7.09. The zero-order valence-corrected chi connectivity index (χ0v) is 31.9. The van der Waals surface area contributed by atoms with Crippen molar-refractivity contribution in [3.8, 4) is 17.0 Å². The molecule has 1 aromatic carbocycles. The summed E-state index contributed by atoms with van der Waals surface area (Å²) in [6, 6.07) is 5.59. The molecule has 52 heavy (non-hydrogen) atoms. The second kappa shape index (κ2) is 14.7. The molecule has 0 unspecified atom stereocenters. The lowest BCUT2D eigenvalue weighted by molar-refractivity contribution is -0.153. The summed E-state index contributed by atoms with van der Waals surface area (Å²) in [7, 11) is 3.38. The van der Waals surface area contributed by atoms with Crippen molar-refractivity contribution in [3.63, 3.8) is 0 Å². The number of anilines is 5.